The summed E-state index contributed by atoms with van der Waals surface area (Å²) in [7, 11) is -3.13. The molecule has 0 aliphatic rings. The maximum atomic E-state index is 11.4. The van der Waals surface area contributed by atoms with Gasteiger partial charge in [-0.1, -0.05) is 60.1 Å². The van der Waals surface area contributed by atoms with Crippen molar-refractivity contribution in [3.8, 4) is 0 Å². The highest BCUT2D eigenvalue weighted by atomic mass is 28.4. The third-order valence-corrected chi connectivity index (χ3v) is 10.1. The normalized spacial score (nSPS) is 14.8. The molecule has 0 N–H and O–H groups in total. The lowest BCUT2D eigenvalue weighted by atomic mass is 9.91. The fourth-order valence-corrected chi connectivity index (χ4v) is 13.3. The van der Waals surface area contributed by atoms with Gasteiger partial charge in [0.25, 0.3) is 0 Å². The topological polar surface area (TPSA) is 29.5 Å². The maximum absolute atomic E-state index is 11.4. The standard InChI is InChI=1S/C15H33NO2Si2/c1-12(18-13(2)17)14(15(3,4)5)16(19(6,7)8)20(9,10)11/h1-11H3/b14-12-. The van der Waals surface area contributed by atoms with Gasteiger partial charge in [0.2, 0.25) is 0 Å². The molecule has 0 saturated heterocycles. The minimum absolute atomic E-state index is 0.0416. The van der Waals surface area contributed by atoms with Gasteiger partial charge in [0.1, 0.15) is 22.2 Å². The van der Waals surface area contributed by atoms with E-state index in [0.29, 0.717) is 0 Å². The van der Waals surface area contributed by atoms with Gasteiger partial charge in [0.15, 0.2) is 0 Å². The van der Waals surface area contributed by atoms with Gasteiger partial charge in [0, 0.05) is 18.0 Å². The lowest BCUT2D eigenvalue weighted by Gasteiger charge is -2.51. The fraction of sp³-hybridized carbons (Fsp3) is 0.800. The number of esters is 1. The second kappa shape index (κ2) is 6.06. The summed E-state index contributed by atoms with van der Waals surface area (Å²) in [5.74, 6) is 0.519. The zero-order chi connectivity index (χ0) is 16.5. The summed E-state index contributed by atoms with van der Waals surface area (Å²) in [5, 5.41) is 0. The monoisotopic (exact) mass is 315 g/mol. The minimum atomic E-state index is -1.56. The lowest BCUT2D eigenvalue weighted by Crippen LogP contribution is -2.60. The van der Waals surface area contributed by atoms with Crippen molar-refractivity contribution in [1.82, 2.24) is 4.23 Å². The number of nitrogens with zero attached hydrogens (tertiary/aromatic N) is 1. The van der Waals surface area contributed by atoms with Crippen molar-refractivity contribution < 1.29 is 9.53 Å². The first kappa shape index (κ1) is 19.4. The van der Waals surface area contributed by atoms with E-state index < -0.39 is 16.5 Å². The van der Waals surface area contributed by atoms with Gasteiger partial charge in [0.05, 0.1) is 0 Å². The molecule has 0 unspecified atom stereocenters. The number of carbonyl (C=O) groups is 1. The Morgan fingerprint density at radius 3 is 1.45 bits per heavy atom. The van der Waals surface area contributed by atoms with Crippen LogP contribution in [0.4, 0.5) is 0 Å². The van der Waals surface area contributed by atoms with Crippen LogP contribution in [0, 0.1) is 5.41 Å². The van der Waals surface area contributed by atoms with Crippen LogP contribution in [0.1, 0.15) is 34.6 Å². The van der Waals surface area contributed by atoms with E-state index in [1.807, 2.05) is 6.92 Å². The summed E-state index contributed by atoms with van der Waals surface area (Å²) in [5.41, 5.74) is 1.16. The second-order valence-electron chi connectivity index (χ2n) is 8.43. The number of hydrogen-bond acceptors (Lipinski definition) is 3. The number of hydrogen-bond donors (Lipinski definition) is 0. The van der Waals surface area contributed by atoms with E-state index in [-0.39, 0.29) is 11.4 Å². The SMILES string of the molecule is CC(=O)O/C(C)=C(\N([Si](C)(C)C)[Si](C)(C)C)C(C)(C)C. The molecule has 20 heavy (non-hydrogen) atoms. The Balaban J connectivity index is 6.17. The van der Waals surface area contributed by atoms with E-state index >= 15 is 0 Å². The number of ether oxygens (including phenoxy) is 1. The van der Waals surface area contributed by atoms with Crippen LogP contribution in [-0.2, 0) is 9.53 Å². The van der Waals surface area contributed by atoms with Crippen LogP contribution in [0.5, 0.6) is 0 Å². The highest BCUT2D eigenvalue weighted by molar-refractivity contribution is 6.90. The summed E-state index contributed by atoms with van der Waals surface area (Å²) in [6.07, 6.45) is 0. The molecule has 0 aliphatic carbocycles. The average molecular weight is 316 g/mol. The van der Waals surface area contributed by atoms with Crippen molar-refractivity contribution in [1.29, 1.82) is 0 Å². The molecule has 0 spiro atoms. The molecule has 3 nitrogen and oxygen atoms in total. The molecule has 0 saturated carbocycles. The van der Waals surface area contributed by atoms with Crippen molar-refractivity contribution in [3.63, 3.8) is 0 Å². The molecule has 0 amide bonds. The van der Waals surface area contributed by atoms with Crippen LogP contribution in [0.15, 0.2) is 11.5 Å². The van der Waals surface area contributed by atoms with E-state index in [0.717, 1.165) is 5.76 Å². The number of carbonyl (C=O) groups excluding carboxylic acids is 1. The van der Waals surface area contributed by atoms with Crippen molar-refractivity contribution >= 4 is 22.4 Å². The molecule has 0 fully saturated rings. The van der Waals surface area contributed by atoms with E-state index in [4.69, 9.17) is 4.74 Å². The first-order valence-electron chi connectivity index (χ1n) is 7.28. The minimum Gasteiger partial charge on any atom is -0.430 e. The molecule has 0 aliphatic heterocycles. The van der Waals surface area contributed by atoms with Crippen molar-refractivity contribution in [3.05, 3.63) is 11.5 Å². The van der Waals surface area contributed by atoms with Gasteiger partial charge in [-0.2, -0.15) is 0 Å². The van der Waals surface area contributed by atoms with Crippen LogP contribution in [0.25, 0.3) is 0 Å². The molecule has 0 radical (unpaired) electrons. The summed E-state index contributed by atoms with van der Waals surface area (Å²) >= 11 is 0. The van der Waals surface area contributed by atoms with Crippen LogP contribution >= 0.6 is 0 Å². The van der Waals surface area contributed by atoms with Crippen LogP contribution in [-0.4, -0.2) is 26.7 Å². The first-order valence-corrected chi connectivity index (χ1v) is 14.2. The lowest BCUT2D eigenvalue weighted by molar-refractivity contribution is -0.137. The molecule has 0 aromatic heterocycles. The van der Waals surface area contributed by atoms with Crippen molar-refractivity contribution in [2.75, 3.05) is 0 Å². The third-order valence-electron chi connectivity index (χ3n) is 2.91. The highest BCUT2D eigenvalue weighted by Crippen LogP contribution is 2.38. The quantitative estimate of drug-likeness (QED) is 0.424. The van der Waals surface area contributed by atoms with Gasteiger partial charge in [-0.25, -0.2) is 0 Å². The molecular weight excluding hydrogens is 282 g/mol. The van der Waals surface area contributed by atoms with E-state index in [1.165, 1.54) is 12.6 Å². The molecule has 0 heterocycles. The summed E-state index contributed by atoms with van der Waals surface area (Å²) in [6.45, 7) is 24.1. The number of allylic oxidation sites excluding steroid dienone is 2. The summed E-state index contributed by atoms with van der Waals surface area (Å²) in [6, 6.07) is 0. The van der Waals surface area contributed by atoms with Crippen LogP contribution in [0.2, 0.25) is 39.3 Å². The molecule has 0 aromatic rings. The Morgan fingerprint density at radius 2 is 1.25 bits per heavy atom. The van der Waals surface area contributed by atoms with E-state index in [1.54, 1.807) is 0 Å². The highest BCUT2D eigenvalue weighted by Gasteiger charge is 2.41. The van der Waals surface area contributed by atoms with Gasteiger partial charge in [-0.05, 0) is 6.92 Å². The Morgan fingerprint density at radius 1 is 0.900 bits per heavy atom. The Labute approximate surface area is 127 Å². The maximum Gasteiger partial charge on any atom is 0.307 e. The Kier molecular flexibility index (Phi) is 5.89. The third kappa shape index (κ3) is 5.44. The second-order valence-corrected chi connectivity index (χ2v) is 18.5. The molecule has 0 atom stereocenters. The molecule has 5 heteroatoms. The van der Waals surface area contributed by atoms with Crippen molar-refractivity contribution in [2.45, 2.75) is 73.9 Å². The average Bonchev–Trinajstić information content (AvgIpc) is 2.05. The van der Waals surface area contributed by atoms with Gasteiger partial charge >= 0.3 is 5.97 Å². The predicted octanol–water partition coefficient (Wildman–Crippen LogP) is 4.80. The largest absolute Gasteiger partial charge is 0.430 e. The van der Waals surface area contributed by atoms with Crippen LogP contribution in [0.3, 0.4) is 0 Å². The van der Waals surface area contributed by atoms with Gasteiger partial charge < -0.3 is 8.97 Å². The Hall–Kier alpha value is -0.556. The van der Waals surface area contributed by atoms with Gasteiger partial charge in [-0.15, -0.1) is 0 Å². The summed E-state index contributed by atoms with van der Waals surface area (Å²) < 4.78 is 8.09. The number of rotatable bonds is 4. The van der Waals surface area contributed by atoms with Crippen LogP contribution < -0.4 is 0 Å². The summed E-state index contributed by atoms with van der Waals surface area (Å²) in [4.78, 5) is 11.4. The molecule has 0 aromatic carbocycles. The molecule has 0 rings (SSSR count). The smallest absolute Gasteiger partial charge is 0.307 e. The van der Waals surface area contributed by atoms with E-state index in [2.05, 4.69) is 64.3 Å². The van der Waals surface area contributed by atoms with Gasteiger partial charge in [-0.3, -0.25) is 4.79 Å². The zero-order valence-electron chi connectivity index (χ0n) is 15.3. The fourth-order valence-electron chi connectivity index (χ4n) is 2.96. The zero-order valence-corrected chi connectivity index (χ0v) is 17.3. The van der Waals surface area contributed by atoms with Crippen molar-refractivity contribution in [2.24, 2.45) is 5.41 Å². The molecule has 118 valence electrons. The van der Waals surface area contributed by atoms with E-state index in [9.17, 15) is 4.79 Å². The molecular formula is C15H33NO2Si2. The molecule has 0 bridgehead atoms. The Bertz CT molecular complexity index is 382. The first-order chi connectivity index (χ1) is 8.58. The predicted molar refractivity (Wildman–Crippen MR) is 92.5 cm³/mol.